The molecule has 6 unspecified atom stereocenters. The van der Waals surface area contributed by atoms with Crippen LogP contribution < -0.4 is 26.6 Å². The van der Waals surface area contributed by atoms with Crippen LogP contribution in [-0.4, -0.2) is 230 Å². The van der Waals surface area contributed by atoms with Gasteiger partial charge in [-0.25, -0.2) is 44.3 Å². The van der Waals surface area contributed by atoms with E-state index in [0.717, 1.165) is 7.40 Å². The number of amides is 2. The Morgan fingerprint density at radius 2 is 0.781 bits per heavy atom. The van der Waals surface area contributed by atoms with Crippen LogP contribution in [0.2, 0.25) is 28.8 Å². The molecule has 128 heavy (non-hydrogen) atoms. The van der Waals surface area contributed by atoms with E-state index in [2.05, 4.69) is 148 Å². The van der Waals surface area contributed by atoms with Crippen molar-refractivity contribution in [1.82, 2.24) is 118 Å². The van der Waals surface area contributed by atoms with Gasteiger partial charge in [0.25, 0.3) is 0 Å². The first-order chi connectivity index (χ1) is 60.9. The minimum Gasteiger partial charge on any atom is -0.464 e. The largest absolute Gasteiger partial charge is 0.464 e. The van der Waals surface area contributed by atoms with Crippen LogP contribution in [0.25, 0.3) is 56.3 Å². The number of ether oxygens (including phenoxy) is 3. The number of phenols is 1. The summed E-state index contributed by atoms with van der Waals surface area (Å²) in [5.74, 6) is -0.735. The molecule has 0 aliphatic rings. The van der Waals surface area contributed by atoms with Crippen molar-refractivity contribution < 1.29 is 53.2 Å². The summed E-state index contributed by atoms with van der Waals surface area (Å²) in [6.45, 7) is 24.0. The number of anilines is 4. The summed E-state index contributed by atoms with van der Waals surface area (Å²) in [6.07, 6.45) is 31.5. The van der Waals surface area contributed by atoms with Crippen LogP contribution in [0.15, 0.2) is 136 Å². The molecule has 0 bridgehead atoms. The van der Waals surface area contributed by atoms with Gasteiger partial charge in [0.05, 0.1) is 89.5 Å². The average Bonchev–Trinajstić information content (AvgIpc) is 1.54. The third-order valence-corrected chi connectivity index (χ3v) is 36.4. The molecule has 11 N–H and O–H groups in total. The number of carboxylic acids is 1. The Morgan fingerprint density at radius 3 is 1.10 bits per heavy atom. The Labute approximate surface area is 788 Å². The molecule has 688 valence electrons. The van der Waals surface area contributed by atoms with Gasteiger partial charge in [0.2, 0.25) is 11.8 Å². The molecule has 45 heteroatoms. The third kappa shape index (κ3) is 31.1. The van der Waals surface area contributed by atoms with Crippen molar-refractivity contribution in [3.63, 3.8) is 0 Å². The van der Waals surface area contributed by atoms with Crippen molar-refractivity contribution >= 4 is 161 Å². The molecule has 6 atom stereocenters. The van der Waals surface area contributed by atoms with Crippen molar-refractivity contribution in [2.24, 2.45) is 0 Å². The fourth-order valence-corrected chi connectivity index (χ4v) is 28.6. The number of hydrogen-bond acceptors (Lipinski definition) is 29. The molecule has 0 saturated carbocycles. The molecule has 0 spiro atoms. The number of aromatic nitrogens is 22. The maximum atomic E-state index is 12.1. The number of likely N-dealkylation sites (N-methyl/N-ethyl adjacent to an activating group) is 2. The molecule has 39 nitrogen and oxygen atoms in total. The van der Waals surface area contributed by atoms with Crippen molar-refractivity contribution in [2.75, 3.05) is 70.9 Å². The van der Waals surface area contributed by atoms with E-state index in [1.807, 2.05) is 30.9 Å². The maximum Gasteiger partial charge on any atom is 0.328 e. The average molecular weight is 2160 g/mol. The number of nitrogens with zero attached hydrogens (tertiary/aromatic N) is 23. The number of carbonyl (C=O) groups excluding carboxylic acids is 5. The summed E-state index contributed by atoms with van der Waals surface area (Å²) >= 11 is 19.1. The molecule has 0 fully saturated rings. The van der Waals surface area contributed by atoms with Crippen LogP contribution in [0.4, 0.5) is 23.3 Å². The van der Waals surface area contributed by atoms with Crippen molar-refractivity contribution in [1.29, 1.82) is 0 Å². The Kier molecular flexibility index (Phi) is 43.3. The Morgan fingerprint density at radius 1 is 0.445 bits per heavy atom. The number of nitrogens with one attached hydrogen (secondary N) is 1. The topological polar surface area (TPSA) is 520 Å². The summed E-state index contributed by atoms with van der Waals surface area (Å²) in [6, 6.07) is 10.8. The number of nitrogen functional groups attached to an aromatic ring is 4. The smallest absolute Gasteiger partial charge is 0.328 e. The molecule has 0 radical (unpaired) electrons. The van der Waals surface area contributed by atoms with E-state index in [-0.39, 0.29) is 98.4 Å². The first kappa shape index (κ1) is 106. The molecule has 11 heterocycles. The number of hydrogen-bond donors (Lipinski definition) is 7. The quantitative estimate of drug-likeness (QED) is 0.00951. The van der Waals surface area contributed by atoms with E-state index in [4.69, 9.17) is 82.0 Å². The Hall–Kier alpha value is -11.0. The van der Waals surface area contributed by atoms with Crippen molar-refractivity contribution in [3.05, 3.63) is 159 Å². The molecular formula is C83H111Cl3I2N28O11Sn. The summed E-state index contributed by atoms with van der Waals surface area (Å²) < 4.78 is 32.8. The fraction of sp³-hybridized carbons (Fsp3) is 0.410. The second-order valence-electron chi connectivity index (χ2n) is 29.2. The van der Waals surface area contributed by atoms with Crippen LogP contribution >= 0.6 is 80.0 Å². The van der Waals surface area contributed by atoms with Gasteiger partial charge in [-0.05, 0) is 130 Å². The van der Waals surface area contributed by atoms with Crippen LogP contribution in [0, 0.1) is 7.40 Å². The van der Waals surface area contributed by atoms with Gasteiger partial charge in [0.1, 0.15) is 39.7 Å². The zero-order chi connectivity index (χ0) is 94.6. The number of carboxylic acid groups (broad SMARTS) is 1. The number of H-pyrrole nitrogens is 1. The molecule has 12 rings (SSSR count). The SMILES string of the molecule is CC(C(=O)N(C)C)n1cnc(-c2cc(-c3ccccc3O)nnc2N)c1.CC(C(=O)N(C)C)n1cnc(-c2cc(Cl)nnc2N)c1.CC(C(=O)O)n1cnc(-c2cc(Cl)nnc2N)c1.CCC[CH2][Sn]([CH2]CCC)([CH2]CCC)[c]1cn(C(C)C(=O)OCC)cn1.CCOC(=O)C(C)n1cnc(-c2cc(Cl)nnc2N)c1.CCOC(=O)C(C)n1cnc(I)c1.Ic1cnc[nH]1. The van der Waals surface area contributed by atoms with Gasteiger partial charge in [-0.3, -0.25) is 9.59 Å². The summed E-state index contributed by atoms with van der Waals surface area (Å²) in [4.78, 5) is 105. The molecule has 1 aromatic carbocycles. The second kappa shape index (κ2) is 52.4. The van der Waals surface area contributed by atoms with Gasteiger partial charge < -0.3 is 80.2 Å². The summed E-state index contributed by atoms with van der Waals surface area (Å²) in [5, 5.41) is 49.7. The third-order valence-electron chi connectivity index (χ3n) is 19.6. The van der Waals surface area contributed by atoms with Gasteiger partial charge in [-0.1, -0.05) is 46.9 Å². The number of phenolic OH excluding ortho intramolecular Hbond substituents is 1. The second-order valence-corrected chi connectivity index (χ2v) is 45.7. The number of aliphatic carboxylic acids is 1. The van der Waals surface area contributed by atoms with Crippen molar-refractivity contribution in [3.8, 4) is 62.0 Å². The molecule has 11 aromatic heterocycles. The van der Waals surface area contributed by atoms with Gasteiger partial charge in [-0.2, -0.15) is 0 Å². The predicted octanol–water partition coefficient (Wildman–Crippen LogP) is 13.8. The standard InChI is InChI=1S/C18H20N6O2.C12H15ClN6O.C12H14ClN5O2.C10H10ClN5O2.C8H11IN2O2.C8H11N2O2.3C4H9.C3H3IN2.Sn/c1-11(18(26)23(2)3)24-9-15(20-10-24)13-8-14(21-22-17(13)19)12-6-4-5-7-16(12)25;1-7(12(20)18(2)3)19-5-9(15-6-19)8-4-10(13)16-17-11(8)14;1-3-20-12(19)7(2)18-5-9(15-6-18)8-4-10(13)16-17-11(8)14;1-5(10(17)18)16-3-7(13-4-16)6-2-8(11)14-15-9(6)12;1-3-13-8(12)6(2)11-4-7(9)10-5-11;1-3-12-8(11)7(2)10-5-4-9-6-10;3*1-3-4-2;4-3-1-5-2-6-3;/h4-11,25H,1-3H3,(H2,19,22);4-7H,1-3H3,(H2,14,17);4-7H,3H2,1-2H3,(H2,14,17);2-5H,1H3,(H2,12,15)(H,17,18);4-6H,3H2,1-2H3;5-7H,3H2,1-2H3;3*1,3-4H2,2H3;1-2H,(H,5,6);. The van der Waals surface area contributed by atoms with E-state index in [9.17, 15) is 33.9 Å². The zero-order valence-electron chi connectivity index (χ0n) is 74.2. The molecule has 2 amide bonds. The van der Waals surface area contributed by atoms with E-state index in [0.29, 0.717) is 76.1 Å². The number of nitrogens with two attached hydrogens (primary N) is 4. The summed E-state index contributed by atoms with van der Waals surface area (Å²) in [7, 11) is 6.84. The van der Waals surface area contributed by atoms with Gasteiger partial charge in [0.15, 0.2) is 38.7 Å². The van der Waals surface area contributed by atoms with Crippen LogP contribution in [-0.2, 0) is 43.0 Å². The first-order valence-corrected chi connectivity index (χ1v) is 51.6. The normalized spacial score (nSPS) is 12.2. The number of para-hydroxylation sites is 1. The number of rotatable bonds is 30. The Bertz CT molecular complexity index is 5510. The van der Waals surface area contributed by atoms with E-state index in [1.165, 1.54) is 88.6 Å². The first-order valence-electron chi connectivity index (χ1n) is 40.8. The zero-order valence-corrected chi connectivity index (χ0v) is 83.6. The summed E-state index contributed by atoms with van der Waals surface area (Å²) in [5.41, 5.74) is 28.7. The van der Waals surface area contributed by atoms with Gasteiger partial charge in [0, 0.05) is 87.0 Å². The van der Waals surface area contributed by atoms with Crippen LogP contribution in [0.3, 0.4) is 0 Å². The number of halogens is 5. The number of aromatic hydroxyl groups is 1. The number of imidazole rings is 7. The number of esters is 3. The van der Waals surface area contributed by atoms with E-state index < -0.39 is 36.4 Å². The Balaban J connectivity index is 0.000000236. The number of benzene rings is 1. The van der Waals surface area contributed by atoms with E-state index in [1.54, 1.807) is 194 Å². The van der Waals surface area contributed by atoms with Crippen LogP contribution in [0.5, 0.6) is 5.75 Å². The van der Waals surface area contributed by atoms with E-state index >= 15 is 0 Å². The minimum atomic E-state index is -2.49. The number of aromatic amines is 1. The predicted molar refractivity (Wildman–Crippen MR) is 509 cm³/mol. The van der Waals surface area contributed by atoms with Gasteiger partial charge >= 0.3 is 177 Å². The molecular weight excluding hydrogens is 2040 g/mol. The molecule has 0 aliphatic heterocycles. The maximum absolute atomic E-state index is 12.1. The molecule has 12 aromatic rings. The van der Waals surface area contributed by atoms with Gasteiger partial charge in [-0.15, -0.1) is 40.8 Å². The number of carbonyl (C=O) groups is 6. The molecule has 0 aliphatic carbocycles. The van der Waals surface area contributed by atoms with Crippen molar-refractivity contribution in [2.45, 2.75) is 171 Å². The fourth-order valence-electron chi connectivity index (χ4n) is 12.1. The van der Waals surface area contributed by atoms with Crippen LogP contribution in [0.1, 0.15) is 158 Å². The molecule has 0 saturated heterocycles. The monoisotopic (exact) mass is 2150 g/mol. The minimum absolute atomic E-state index is 0.0205. The number of unbranched alkanes of at least 4 members (excludes halogenated alkanes) is 3.